The van der Waals surface area contributed by atoms with Crippen LogP contribution in [0.2, 0.25) is 0 Å². The van der Waals surface area contributed by atoms with Crippen LogP contribution in [0.4, 0.5) is 0 Å². The van der Waals surface area contributed by atoms with Crippen molar-refractivity contribution in [3.05, 3.63) is 35.9 Å². The largest absolute Gasteiger partial charge is 0.354 e. The Morgan fingerprint density at radius 3 is 1.15 bits per heavy atom. The maximum Gasteiger partial charge on any atom is 0.246 e. The van der Waals surface area contributed by atoms with Gasteiger partial charge in [-0.25, -0.2) is 0 Å². The number of carbonyl (C=O) groups is 7. The molecular weight excluding hydrogens is 839 g/mol. The molecule has 4 N–H and O–H groups in total. The predicted molar refractivity (Wildman–Crippen MR) is 263 cm³/mol. The third kappa shape index (κ3) is 15.2. The minimum Gasteiger partial charge on any atom is -0.354 e. The monoisotopic (exact) mass is 928 g/mol. The highest BCUT2D eigenvalue weighted by atomic mass is 16.2. The topological polar surface area (TPSA) is 189 Å². The van der Waals surface area contributed by atoms with E-state index in [1.54, 1.807) is 49.3 Å². The summed E-state index contributed by atoms with van der Waals surface area (Å²) in [6.07, 6.45) is 1.61. The predicted octanol–water partition coefficient (Wildman–Crippen LogP) is 3.57. The third-order valence-corrected chi connectivity index (χ3v) is 12.8. The molecule has 0 aliphatic carbocycles. The average molecular weight is 928 g/mol. The van der Waals surface area contributed by atoms with Crippen molar-refractivity contribution in [3.63, 3.8) is 0 Å². The molecule has 0 aliphatic heterocycles. The van der Waals surface area contributed by atoms with Crippen LogP contribution < -0.4 is 16.4 Å². The van der Waals surface area contributed by atoms with Crippen molar-refractivity contribution in [2.75, 3.05) is 62.4 Å². The number of likely N-dealkylation sites (N-methyl/N-ethyl adjacent to an activating group) is 7. The first-order chi connectivity index (χ1) is 30.6. The molecule has 7 amide bonds. The molecule has 7 unspecified atom stereocenters. The van der Waals surface area contributed by atoms with Gasteiger partial charge >= 0.3 is 0 Å². The molecule has 0 spiro atoms. The molecule has 0 aliphatic rings. The molecular formula is C50H89N9O7. The molecule has 0 saturated heterocycles. The molecule has 376 valence electrons. The normalized spacial score (nSPS) is 14.9. The Bertz CT molecular complexity index is 1740. The van der Waals surface area contributed by atoms with E-state index in [2.05, 4.69) is 10.6 Å². The van der Waals surface area contributed by atoms with Crippen LogP contribution in [-0.2, 0) is 40.0 Å². The van der Waals surface area contributed by atoms with Gasteiger partial charge in [-0.3, -0.25) is 33.6 Å². The molecule has 1 aromatic carbocycles. The van der Waals surface area contributed by atoms with Gasteiger partial charge in [0.1, 0.15) is 36.3 Å². The van der Waals surface area contributed by atoms with Gasteiger partial charge in [0.25, 0.3) is 0 Å². The fourth-order valence-corrected chi connectivity index (χ4v) is 9.20. The van der Waals surface area contributed by atoms with Gasteiger partial charge in [-0.15, -0.1) is 0 Å². The summed E-state index contributed by atoms with van der Waals surface area (Å²) in [5.74, 6) is -4.55. The second-order valence-corrected chi connectivity index (χ2v) is 20.1. The van der Waals surface area contributed by atoms with E-state index in [0.29, 0.717) is 19.5 Å². The zero-order valence-electron chi connectivity index (χ0n) is 44.0. The lowest BCUT2D eigenvalue weighted by Crippen LogP contribution is -2.63. The number of nitrogens with one attached hydrogen (secondary N) is 2. The molecule has 1 rings (SSSR count). The highest BCUT2D eigenvalue weighted by Gasteiger charge is 2.45. The first-order valence-electron chi connectivity index (χ1n) is 23.9. The van der Waals surface area contributed by atoms with Crippen LogP contribution in [0.25, 0.3) is 0 Å². The summed E-state index contributed by atoms with van der Waals surface area (Å²) in [6.45, 7) is 23.2. The van der Waals surface area contributed by atoms with Crippen LogP contribution in [0.5, 0.6) is 0 Å². The number of unbranched alkanes of at least 4 members (excludes halogenated alkanes) is 1. The van der Waals surface area contributed by atoms with E-state index >= 15 is 0 Å². The summed E-state index contributed by atoms with van der Waals surface area (Å²) >= 11 is 0. The molecule has 16 heteroatoms. The fraction of sp³-hybridized carbons (Fsp3) is 0.740. The summed E-state index contributed by atoms with van der Waals surface area (Å²) in [6, 6.07) is 3.02. The highest BCUT2D eigenvalue weighted by Crippen LogP contribution is 2.25. The van der Waals surface area contributed by atoms with Crippen molar-refractivity contribution >= 4 is 41.4 Å². The smallest absolute Gasteiger partial charge is 0.246 e. The van der Waals surface area contributed by atoms with E-state index in [9.17, 15) is 33.6 Å². The average Bonchev–Trinajstić information content (AvgIpc) is 3.23. The number of nitrogens with two attached hydrogens (primary N) is 1. The zero-order valence-corrected chi connectivity index (χ0v) is 44.0. The Labute approximate surface area is 398 Å². The zero-order chi connectivity index (χ0) is 51.1. The number of amides is 7. The van der Waals surface area contributed by atoms with E-state index in [1.807, 2.05) is 113 Å². The van der Waals surface area contributed by atoms with E-state index in [-0.39, 0.29) is 41.9 Å². The molecule has 7 atom stereocenters. The molecule has 0 saturated carbocycles. The fourth-order valence-electron chi connectivity index (χ4n) is 9.20. The number of rotatable bonds is 26. The Morgan fingerprint density at radius 1 is 0.470 bits per heavy atom. The van der Waals surface area contributed by atoms with Gasteiger partial charge in [0, 0.05) is 55.3 Å². The van der Waals surface area contributed by atoms with Crippen molar-refractivity contribution in [2.45, 2.75) is 145 Å². The van der Waals surface area contributed by atoms with Crippen molar-refractivity contribution in [1.29, 1.82) is 0 Å². The van der Waals surface area contributed by atoms with Crippen LogP contribution >= 0.6 is 0 Å². The second kappa shape index (κ2) is 27.3. The van der Waals surface area contributed by atoms with Gasteiger partial charge in [0.05, 0.1) is 6.04 Å². The lowest BCUT2D eigenvalue weighted by Gasteiger charge is -2.43. The standard InChI is InChI=1S/C50H89N9O7/c1-30(2)38(52-13)46(62)56(16)41(33(7)8)48(64)58(18)43(35(11)12)50(66)59(19)42(34(9)10)49(65)57(17)40(32(5)6)47(63)54(14)37(29-36-25-21-20-22-26-36)45(61)55(15)39(31(3)4)44(60)53-28-24-23-27-51/h20-22,25-26,30-35,37-43,52H,23-24,27-29,51H2,1-19H3,(H,53,60). The minimum absolute atomic E-state index is 0.0299. The van der Waals surface area contributed by atoms with Gasteiger partial charge in [-0.2, -0.15) is 0 Å². The van der Waals surface area contributed by atoms with Gasteiger partial charge in [-0.1, -0.05) is 113 Å². The van der Waals surface area contributed by atoms with Crippen LogP contribution in [0.3, 0.4) is 0 Å². The van der Waals surface area contributed by atoms with E-state index < -0.39 is 83.7 Å². The molecule has 66 heavy (non-hydrogen) atoms. The van der Waals surface area contributed by atoms with Crippen molar-refractivity contribution < 1.29 is 33.6 Å². The first-order valence-corrected chi connectivity index (χ1v) is 23.9. The van der Waals surface area contributed by atoms with Gasteiger partial charge in [0.15, 0.2) is 0 Å². The van der Waals surface area contributed by atoms with Crippen LogP contribution in [-0.4, -0.2) is 175 Å². The van der Waals surface area contributed by atoms with E-state index in [0.717, 1.165) is 12.0 Å². The molecule has 0 bridgehead atoms. The number of carbonyl (C=O) groups excluding carboxylic acids is 7. The quantitative estimate of drug-likeness (QED) is 0.117. The molecule has 1 aromatic rings. The van der Waals surface area contributed by atoms with Crippen LogP contribution in [0.1, 0.15) is 101 Å². The Morgan fingerprint density at radius 2 is 0.818 bits per heavy atom. The van der Waals surface area contributed by atoms with Crippen LogP contribution in [0, 0.1) is 35.5 Å². The van der Waals surface area contributed by atoms with Gasteiger partial charge < -0.3 is 45.8 Å². The van der Waals surface area contributed by atoms with E-state index in [4.69, 9.17) is 5.73 Å². The maximum atomic E-state index is 14.9. The number of hydrogen-bond acceptors (Lipinski definition) is 9. The van der Waals surface area contributed by atoms with Crippen molar-refractivity contribution in [3.8, 4) is 0 Å². The molecule has 0 heterocycles. The van der Waals surface area contributed by atoms with Crippen molar-refractivity contribution in [1.82, 2.24) is 40.0 Å². The van der Waals surface area contributed by atoms with Gasteiger partial charge in [0.2, 0.25) is 41.4 Å². The van der Waals surface area contributed by atoms with E-state index in [1.165, 1.54) is 29.4 Å². The lowest BCUT2D eigenvalue weighted by atomic mass is 9.93. The molecule has 16 nitrogen and oxygen atoms in total. The van der Waals surface area contributed by atoms with Gasteiger partial charge in [-0.05, 0) is 67.5 Å². The Balaban J connectivity index is 3.68. The third-order valence-electron chi connectivity index (χ3n) is 12.8. The maximum absolute atomic E-state index is 14.9. The number of benzene rings is 1. The van der Waals surface area contributed by atoms with Crippen molar-refractivity contribution in [2.24, 2.45) is 41.2 Å². The summed E-state index contributed by atoms with van der Waals surface area (Å²) < 4.78 is 0. The summed E-state index contributed by atoms with van der Waals surface area (Å²) in [5, 5.41) is 6.01. The molecule has 0 aromatic heterocycles. The Hall–Kier alpha value is -4.57. The SMILES string of the molecule is CNC(C(=O)N(C)C(C(=O)N(C)C(C(=O)N(C)C(C(=O)N(C)C(C(=O)N(C)C(Cc1ccccc1)C(=O)N(C)C(C(=O)NCCCCN)C(C)C)C(C)C)C(C)C)C(C)C)C(C)C)C(C)C. The number of hydrogen-bond donors (Lipinski definition) is 3. The van der Waals surface area contributed by atoms with Crippen LogP contribution in [0.15, 0.2) is 30.3 Å². The highest BCUT2D eigenvalue weighted by molar-refractivity contribution is 5.97. The molecule has 0 fully saturated rings. The summed E-state index contributed by atoms with van der Waals surface area (Å²) in [7, 11) is 11.1. The first kappa shape index (κ1) is 59.4. The minimum atomic E-state index is -1.05. The second-order valence-electron chi connectivity index (χ2n) is 20.1. The molecule has 0 radical (unpaired) electrons. The number of nitrogens with zero attached hydrogens (tertiary/aromatic N) is 6. The Kier molecular flexibility index (Phi) is 24.6. The summed E-state index contributed by atoms with van der Waals surface area (Å²) in [4.78, 5) is 109. The lowest BCUT2D eigenvalue weighted by molar-refractivity contribution is -0.159. The summed E-state index contributed by atoms with van der Waals surface area (Å²) in [5.41, 5.74) is 6.45.